The standard InChI is InChI=1S/C6H13N3O3S/c1-5(10)12-3-2-11-4-8-6(13)9-7/h2-4,7H2,1H3,(H2,8,9,13). The summed E-state index contributed by atoms with van der Waals surface area (Å²) in [4.78, 5) is 10.3. The van der Waals surface area contributed by atoms with E-state index in [0.29, 0.717) is 11.7 Å². The molecule has 4 N–H and O–H groups in total. The Hall–Kier alpha value is -0.920. The summed E-state index contributed by atoms with van der Waals surface area (Å²) in [5, 5.41) is 2.95. The van der Waals surface area contributed by atoms with Crippen LogP contribution in [-0.2, 0) is 14.3 Å². The van der Waals surface area contributed by atoms with E-state index < -0.39 is 0 Å². The number of hydrogen-bond donors (Lipinski definition) is 3. The zero-order chi connectivity index (χ0) is 10.1. The monoisotopic (exact) mass is 207 g/mol. The Morgan fingerprint density at radius 3 is 2.77 bits per heavy atom. The molecule has 0 spiro atoms. The summed E-state index contributed by atoms with van der Waals surface area (Å²) in [5.41, 5.74) is 2.23. The van der Waals surface area contributed by atoms with Crippen LogP contribution in [0.25, 0.3) is 0 Å². The van der Waals surface area contributed by atoms with Crippen LogP contribution >= 0.6 is 12.2 Å². The Bertz CT molecular complexity index is 177. The van der Waals surface area contributed by atoms with Crippen LogP contribution in [0.2, 0.25) is 0 Å². The molecule has 0 rings (SSSR count). The van der Waals surface area contributed by atoms with Crippen molar-refractivity contribution in [2.75, 3.05) is 19.9 Å². The van der Waals surface area contributed by atoms with Gasteiger partial charge >= 0.3 is 5.97 Å². The van der Waals surface area contributed by atoms with E-state index >= 15 is 0 Å². The largest absolute Gasteiger partial charge is 0.463 e. The third-order valence-electron chi connectivity index (χ3n) is 0.999. The SMILES string of the molecule is CC(=O)OCCOCNC(=S)NN. The molecular formula is C6H13N3O3S. The van der Waals surface area contributed by atoms with Gasteiger partial charge in [-0.25, -0.2) is 5.84 Å². The number of hydrazine groups is 1. The molecule has 0 saturated heterocycles. The van der Waals surface area contributed by atoms with Gasteiger partial charge in [-0.1, -0.05) is 0 Å². The summed E-state index contributed by atoms with van der Waals surface area (Å²) in [5.74, 6) is 4.65. The highest BCUT2D eigenvalue weighted by Crippen LogP contribution is 1.77. The average molecular weight is 207 g/mol. The van der Waals surface area contributed by atoms with E-state index in [-0.39, 0.29) is 19.3 Å². The zero-order valence-electron chi connectivity index (χ0n) is 7.33. The molecule has 0 aromatic carbocycles. The fourth-order valence-electron chi connectivity index (χ4n) is 0.484. The Labute approximate surface area is 81.7 Å². The van der Waals surface area contributed by atoms with Crippen LogP contribution in [0, 0.1) is 0 Å². The summed E-state index contributed by atoms with van der Waals surface area (Å²) in [6.07, 6.45) is 0. The third-order valence-corrected chi connectivity index (χ3v) is 1.26. The Kier molecular flexibility index (Phi) is 7.17. The van der Waals surface area contributed by atoms with E-state index in [0.717, 1.165) is 0 Å². The van der Waals surface area contributed by atoms with E-state index in [9.17, 15) is 4.79 Å². The highest BCUT2D eigenvalue weighted by atomic mass is 32.1. The summed E-state index contributed by atoms with van der Waals surface area (Å²) in [7, 11) is 0. The first-order chi connectivity index (χ1) is 6.16. The molecule has 0 aliphatic rings. The van der Waals surface area contributed by atoms with Gasteiger partial charge in [0.25, 0.3) is 0 Å². The van der Waals surface area contributed by atoms with Crippen molar-refractivity contribution in [3.05, 3.63) is 0 Å². The molecule has 0 aromatic heterocycles. The average Bonchev–Trinajstić information content (AvgIpc) is 2.10. The van der Waals surface area contributed by atoms with Gasteiger partial charge in [-0.3, -0.25) is 4.79 Å². The Balaban J connectivity index is 3.08. The van der Waals surface area contributed by atoms with Gasteiger partial charge in [-0.15, -0.1) is 0 Å². The first-order valence-corrected chi connectivity index (χ1v) is 4.03. The van der Waals surface area contributed by atoms with Gasteiger partial charge in [0.2, 0.25) is 0 Å². The number of carbonyl (C=O) groups excluding carboxylic acids is 1. The number of ether oxygens (including phenoxy) is 2. The molecule has 0 amide bonds. The second-order valence-electron chi connectivity index (χ2n) is 2.04. The highest BCUT2D eigenvalue weighted by Gasteiger charge is 1.93. The van der Waals surface area contributed by atoms with Crippen molar-refractivity contribution in [3.63, 3.8) is 0 Å². The summed E-state index contributed by atoms with van der Waals surface area (Å²) in [6.45, 7) is 2.12. The summed E-state index contributed by atoms with van der Waals surface area (Å²) < 4.78 is 9.60. The molecule has 0 saturated carbocycles. The van der Waals surface area contributed by atoms with E-state index in [1.54, 1.807) is 0 Å². The Morgan fingerprint density at radius 2 is 2.23 bits per heavy atom. The number of nitrogens with one attached hydrogen (secondary N) is 2. The zero-order valence-corrected chi connectivity index (χ0v) is 8.15. The van der Waals surface area contributed by atoms with Gasteiger partial charge in [0.15, 0.2) is 5.11 Å². The predicted octanol–water partition coefficient (Wildman–Crippen LogP) is -1.14. The van der Waals surface area contributed by atoms with Gasteiger partial charge < -0.3 is 20.2 Å². The number of thiocarbonyl (C=S) groups is 1. The Morgan fingerprint density at radius 1 is 1.54 bits per heavy atom. The van der Waals surface area contributed by atoms with Gasteiger partial charge in [-0.05, 0) is 12.2 Å². The lowest BCUT2D eigenvalue weighted by atomic mass is 10.7. The van der Waals surface area contributed by atoms with Gasteiger partial charge in [0.1, 0.15) is 13.3 Å². The van der Waals surface area contributed by atoms with Crippen LogP contribution < -0.4 is 16.6 Å². The third kappa shape index (κ3) is 8.99. The van der Waals surface area contributed by atoms with Crippen molar-refractivity contribution in [1.82, 2.24) is 10.7 Å². The second-order valence-corrected chi connectivity index (χ2v) is 2.45. The molecule has 0 atom stereocenters. The van der Waals surface area contributed by atoms with Crippen LogP contribution in [0.5, 0.6) is 0 Å². The molecule has 0 heterocycles. The van der Waals surface area contributed by atoms with Crippen LogP contribution in [0.15, 0.2) is 0 Å². The van der Waals surface area contributed by atoms with Crippen molar-refractivity contribution in [2.45, 2.75) is 6.92 Å². The minimum Gasteiger partial charge on any atom is -0.463 e. The van der Waals surface area contributed by atoms with E-state index in [1.165, 1.54) is 6.92 Å². The molecule has 13 heavy (non-hydrogen) atoms. The molecule has 0 fully saturated rings. The maximum Gasteiger partial charge on any atom is 0.302 e. The fraction of sp³-hybridized carbons (Fsp3) is 0.667. The minimum atomic E-state index is -0.323. The van der Waals surface area contributed by atoms with Crippen molar-refractivity contribution >= 4 is 23.3 Å². The lowest BCUT2D eigenvalue weighted by molar-refractivity contribution is -0.142. The maximum atomic E-state index is 10.3. The fourth-order valence-corrected chi connectivity index (χ4v) is 0.543. The van der Waals surface area contributed by atoms with Crippen LogP contribution in [-0.4, -0.2) is 31.0 Å². The van der Waals surface area contributed by atoms with E-state index in [4.69, 9.17) is 10.6 Å². The van der Waals surface area contributed by atoms with Crippen LogP contribution in [0.1, 0.15) is 6.92 Å². The van der Waals surface area contributed by atoms with Crippen LogP contribution in [0.4, 0.5) is 0 Å². The van der Waals surface area contributed by atoms with Gasteiger partial charge in [0.05, 0.1) is 6.61 Å². The lowest BCUT2D eigenvalue weighted by Crippen LogP contribution is -2.40. The van der Waals surface area contributed by atoms with Crippen molar-refractivity contribution in [3.8, 4) is 0 Å². The molecule has 0 aliphatic heterocycles. The van der Waals surface area contributed by atoms with Gasteiger partial charge in [0, 0.05) is 6.92 Å². The summed E-state index contributed by atoms with van der Waals surface area (Å²) in [6, 6.07) is 0. The number of carbonyl (C=O) groups is 1. The minimum absolute atomic E-state index is 0.226. The molecule has 0 bridgehead atoms. The summed E-state index contributed by atoms with van der Waals surface area (Å²) >= 11 is 4.66. The number of esters is 1. The quantitative estimate of drug-likeness (QED) is 0.131. The molecule has 0 aromatic rings. The molecule has 0 aliphatic carbocycles. The normalized spacial score (nSPS) is 9.08. The van der Waals surface area contributed by atoms with Crippen molar-refractivity contribution in [1.29, 1.82) is 0 Å². The smallest absolute Gasteiger partial charge is 0.302 e. The van der Waals surface area contributed by atoms with Crippen molar-refractivity contribution in [2.24, 2.45) is 5.84 Å². The van der Waals surface area contributed by atoms with E-state index in [1.807, 2.05) is 0 Å². The second kappa shape index (κ2) is 7.71. The first-order valence-electron chi connectivity index (χ1n) is 3.62. The number of rotatable bonds is 5. The highest BCUT2D eigenvalue weighted by molar-refractivity contribution is 7.80. The molecule has 0 radical (unpaired) electrons. The van der Waals surface area contributed by atoms with Crippen molar-refractivity contribution < 1.29 is 14.3 Å². The predicted molar refractivity (Wildman–Crippen MR) is 50.5 cm³/mol. The van der Waals surface area contributed by atoms with Crippen LogP contribution in [0.3, 0.4) is 0 Å². The topological polar surface area (TPSA) is 85.6 Å². The molecule has 76 valence electrons. The molecule has 6 nitrogen and oxygen atoms in total. The van der Waals surface area contributed by atoms with Gasteiger partial charge in [-0.2, -0.15) is 0 Å². The molecule has 0 unspecified atom stereocenters. The van der Waals surface area contributed by atoms with E-state index in [2.05, 4.69) is 27.7 Å². The molecular weight excluding hydrogens is 194 g/mol. The first kappa shape index (κ1) is 12.1. The molecule has 7 heteroatoms. The number of nitrogens with two attached hydrogens (primary N) is 1. The number of hydrogen-bond acceptors (Lipinski definition) is 5. The lowest BCUT2D eigenvalue weighted by Gasteiger charge is -2.07. The maximum absolute atomic E-state index is 10.3.